The Morgan fingerprint density at radius 2 is 1.59 bits per heavy atom. The number of rotatable bonds is 2. The number of hydrogen-bond donors (Lipinski definition) is 0. The van der Waals surface area contributed by atoms with Crippen LogP contribution in [-0.4, -0.2) is 28.6 Å². The predicted molar refractivity (Wildman–Crippen MR) is 111 cm³/mol. The van der Waals surface area contributed by atoms with Crippen molar-refractivity contribution in [3.63, 3.8) is 0 Å². The van der Waals surface area contributed by atoms with Crippen molar-refractivity contribution in [3.05, 3.63) is 78.1 Å². The Labute approximate surface area is 159 Å². The lowest BCUT2D eigenvalue weighted by Gasteiger charge is -2.12. The van der Waals surface area contributed by atoms with Crippen LogP contribution in [-0.2, 0) is 7.05 Å². The van der Waals surface area contributed by atoms with Crippen molar-refractivity contribution in [3.8, 4) is 23.2 Å². The molecule has 0 unspecified atom stereocenters. The maximum Gasteiger partial charge on any atom is 0.162 e. The van der Waals surface area contributed by atoms with Crippen LogP contribution in [0.15, 0.2) is 66.9 Å². The van der Waals surface area contributed by atoms with E-state index in [1.54, 1.807) is 0 Å². The summed E-state index contributed by atoms with van der Waals surface area (Å²) in [5, 5.41) is 0.967. The zero-order valence-corrected chi connectivity index (χ0v) is 15.6. The lowest BCUT2D eigenvalue weighted by molar-refractivity contribution is 0.944. The van der Waals surface area contributed by atoms with E-state index in [2.05, 4.69) is 28.9 Å². The van der Waals surface area contributed by atoms with Gasteiger partial charge in [-0.15, -0.1) is 0 Å². The Bertz CT molecular complexity index is 1140. The van der Waals surface area contributed by atoms with Gasteiger partial charge in [-0.05, 0) is 48.4 Å². The molecule has 0 aliphatic carbocycles. The Hall–Kier alpha value is -3.58. The van der Waals surface area contributed by atoms with Crippen molar-refractivity contribution in [1.82, 2.24) is 14.5 Å². The van der Waals surface area contributed by atoms with Gasteiger partial charge in [0.05, 0.1) is 5.39 Å². The molecule has 0 fully saturated rings. The predicted octanol–water partition coefficient (Wildman–Crippen LogP) is 4.10. The average molecular weight is 352 g/mol. The van der Waals surface area contributed by atoms with Gasteiger partial charge in [0, 0.05) is 44.2 Å². The molecule has 2 aromatic carbocycles. The molecule has 4 rings (SSSR count). The van der Waals surface area contributed by atoms with Crippen LogP contribution in [0, 0.1) is 11.8 Å². The zero-order chi connectivity index (χ0) is 18.8. The molecule has 0 saturated carbocycles. The average Bonchev–Trinajstić information content (AvgIpc) is 3.08. The number of aromatic nitrogens is 3. The van der Waals surface area contributed by atoms with Gasteiger partial charge in [-0.1, -0.05) is 24.1 Å². The quantitative estimate of drug-likeness (QED) is 0.509. The second-order valence-corrected chi connectivity index (χ2v) is 6.62. The summed E-state index contributed by atoms with van der Waals surface area (Å²) in [5.74, 6) is 7.13. The van der Waals surface area contributed by atoms with E-state index in [1.807, 2.05) is 80.4 Å². The summed E-state index contributed by atoms with van der Waals surface area (Å²) < 4.78 is 2.00. The maximum atomic E-state index is 4.77. The van der Waals surface area contributed by atoms with Gasteiger partial charge in [0.15, 0.2) is 5.82 Å². The van der Waals surface area contributed by atoms with Crippen LogP contribution in [0.1, 0.15) is 11.3 Å². The van der Waals surface area contributed by atoms with Crippen LogP contribution in [0.3, 0.4) is 0 Å². The van der Waals surface area contributed by atoms with E-state index in [0.29, 0.717) is 5.82 Å². The Kier molecular flexibility index (Phi) is 4.35. The van der Waals surface area contributed by atoms with E-state index in [1.165, 1.54) is 0 Å². The number of anilines is 1. The summed E-state index contributed by atoms with van der Waals surface area (Å²) in [4.78, 5) is 11.6. The third-order valence-electron chi connectivity index (χ3n) is 4.47. The molecule has 0 amide bonds. The van der Waals surface area contributed by atoms with Gasteiger partial charge >= 0.3 is 0 Å². The monoisotopic (exact) mass is 352 g/mol. The second-order valence-electron chi connectivity index (χ2n) is 6.62. The van der Waals surface area contributed by atoms with Crippen molar-refractivity contribution in [2.45, 2.75) is 0 Å². The van der Waals surface area contributed by atoms with Crippen molar-refractivity contribution in [2.24, 2.45) is 7.05 Å². The van der Waals surface area contributed by atoms with Crippen LogP contribution < -0.4 is 4.90 Å². The summed E-state index contributed by atoms with van der Waals surface area (Å²) in [7, 11) is 6.04. The molecular weight excluding hydrogens is 332 g/mol. The highest BCUT2D eigenvalue weighted by atomic mass is 15.1. The number of nitrogens with zero attached hydrogens (tertiary/aromatic N) is 4. The first-order valence-electron chi connectivity index (χ1n) is 8.80. The molecule has 4 aromatic rings. The highest BCUT2D eigenvalue weighted by molar-refractivity contribution is 5.83. The summed E-state index contributed by atoms with van der Waals surface area (Å²) in [6.45, 7) is 0. The van der Waals surface area contributed by atoms with Crippen LogP contribution in [0.25, 0.3) is 22.4 Å². The van der Waals surface area contributed by atoms with E-state index in [-0.39, 0.29) is 0 Å². The van der Waals surface area contributed by atoms with E-state index < -0.39 is 0 Å². The lowest BCUT2D eigenvalue weighted by Crippen LogP contribution is -2.08. The number of fused-ring (bicyclic) bond motifs is 1. The molecule has 0 saturated heterocycles. The van der Waals surface area contributed by atoms with Gasteiger partial charge in [0.1, 0.15) is 11.3 Å². The number of aryl methyl sites for hydroxylation is 1. The molecule has 0 radical (unpaired) electrons. The van der Waals surface area contributed by atoms with Gasteiger partial charge < -0.3 is 9.47 Å². The number of benzene rings is 2. The molecule has 4 nitrogen and oxygen atoms in total. The molecule has 0 aliphatic rings. The number of hydrogen-bond acceptors (Lipinski definition) is 3. The minimum Gasteiger partial charge on any atom is -0.378 e. The first-order chi connectivity index (χ1) is 13.1. The van der Waals surface area contributed by atoms with Crippen molar-refractivity contribution in [2.75, 3.05) is 19.0 Å². The van der Waals surface area contributed by atoms with Gasteiger partial charge in [0.25, 0.3) is 0 Å². The van der Waals surface area contributed by atoms with Crippen LogP contribution in [0.5, 0.6) is 0 Å². The third kappa shape index (κ3) is 3.40. The maximum absolute atomic E-state index is 4.77. The minimum atomic E-state index is 0.687. The van der Waals surface area contributed by atoms with Gasteiger partial charge in [-0.3, -0.25) is 0 Å². The molecule has 2 aromatic heterocycles. The minimum absolute atomic E-state index is 0.687. The Balaban J connectivity index is 1.83. The molecule has 0 bridgehead atoms. The first-order valence-corrected chi connectivity index (χ1v) is 8.80. The Morgan fingerprint density at radius 1 is 0.852 bits per heavy atom. The van der Waals surface area contributed by atoms with Crippen LogP contribution in [0.4, 0.5) is 5.69 Å². The molecule has 132 valence electrons. The SMILES string of the molecule is CN(C)c1ccc(-c2nc(C#Cc3ccccc3)c3ccn(C)c3n2)cc1. The summed E-state index contributed by atoms with van der Waals surface area (Å²) >= 11 is 0. The summed E-state index contributed by atoms with van der Waals surface area (Å²) in [6, 6.07) is 20.2. The molecule has 4 heteroatoms. The van der Waals surface area contributed by atoms with Gasteiger partial charge in [-0.2, -0.15) is 0 Å². The first kappa shape index (κ1) is 16.9. The topological polar surface area (TPSA) is 34.0 Å². The normalized spacial score (nSPS) is 10.5. The molecule has 0 aliphatic heterocycles. The molecular formula is C23H20N4. The second kappa shape index (κ2) is 6.97. The highest BCUT2D eigenvalue weighted by Crippen LogP contribution is 2.23. The van der Waals surface area contributed by atoms with Crippen molar-refractivity contribution < 1.29 is 0 Å². The van der Waals surface area contributed by atoms with E-state index in [9.17, 15) is 0 Å². The Morgan fingerprint density at radius 3 is 2.30 bits per heavy atom. The fourth-order valence-corrected chi connectivity index (χ4v) is 2.92. The standard InChI is InChI=1S/C23H20N4/c1-26(2)19-12-10-18(11-13-19)22-24-21(14-9-17-7-5-4-6-8-17)20-15-16-27(3)23(20)25-22/h4-8,10-13,15-16H,1-3H3. The highest BCUT2D eigenvalue weighted by Gasteiger charge is 2.11. The molecule has 0 atom stereocenters. The van der Waals surface area contributed by atoms with Crippen LogP contribution in [0.2, 0.25) is 0 Å². The molecule has 2 heterocycles. The van der Waals surface area contributed by atoms with Gasteiger partial charge in [-0.25, -0.2) is 9.97 Å². The van der Waals surface area contributed by atoms with E-state index in [0.717, 1.165) is 33.5 Å². The fraction of sp³-hybridized carbons (Fsp3) is 0.130. The van der Waals surface area contributed by atoms with Crippen LogP contribution >= 0.6 is 0 Å². The molecule has 0 spiro atoms. The van der Waals surface area contributed by atoms with Gasteiger partial charge in [0.2, 0.25) is 0 Å². The van der Waals surface area contributed by atoms with E-state index in [4.69, 9.17) is 9.97 Å². The smallest absolute Gasteiger partial charge is 0.162 e. The molecule has 0 N–H and O–H groups in total. The van der Waals surface area contributed by atoms with E-state index >= 15 is 0 Å². The molecule has 27 heavy (non-hydrogen) atoms. The largest absolute Gasteiger partial charge is 0.378 e. The lowest BCUT2D eigenvalue weighted by atomic mass is 10.1. The summed E-state index contributed by atoms with van der Waals surface area (Å²) in [6.07, 6.45) is 1.99. The van der Waals surface area contributed by atoms with Crippen molar-refractivity contribution >= 4 is 16.7 Å². The van der Waals surface area contributed by atoms with Crippen molar-refractivity contribution in [1.29, 1.82) is 0 Å². The third-order valence-corrected chi connectivity index (χ3v) is 4.47. The summed E-state index contributed by atoms with van der Waals surface area (Å²) in [5.41, 5.74) is 4.72. The zero-order valence-electron chi connectivity index (χ0n) is 15.6. The fourth-order valence-electron chi connectivity index (χ4n) is 2.92.